The molecule has 0 aliphatic rings. The van der Waals surface area contributed by atoms with Gasteiger partial charge in [0.25, 0.3) is 0 Å². The first-order valence-electron chi connectivity index (χ1n) is 7.83. The summed E-state index contributed by atoms with van der Waals surface area (Å²) in [7, 11) is -7.43. The Labute approximate surface area is 129 Å². The minimum absolute atomic E-state index is 0.302. The van der Waals surface area contributed by atoms with Crippen LogP contribution in [0.5, 0.6) is 0 Å². The van der Waals surface area contributed by atoms with Crippen molar-refractivity contribution >= 4 is 23.7 Å². The Bertz CT molecular complexity index is 305. The normalized spacial score (nSPS) is 16.9. The number of rotatable bonds is 7. The Morgan fingerprint density at radius 1 is 0.850 bits per heavy atom. The summed E-state index contributed by atoms with van der Waals surface area (Å²) in [5.41, 5.74) is 6.72. The van der Waals surface area contributed by atoms with E-state index in [0.717, 1.165) is 0 Å². The molecule has 0 aliphatic carbocycles. The van der Waals surface area contributed by atoms with Crippen LogP contribution in [0.4, 0.5) is 4.20 Å². The van der Waals surface area contributed by atoms with Crippen LogP contribution in [0.2, 0.25) is 39.3 Å². The fourth-order valence-corrected chi connectivity index (χ4v) is 28.2. The van der Waals surface area contributed by atoms with E-state index < -0.39 is 23.7 Å². The molecule has 20 heavy (non-hydrogen) atoms. The summed E-state index contributed by atoms with van der Waals surface area (Å²) < 4.78 is 18.8. The van der Waals surface area contributed by atoms with Gasteiger partial charge in [-0.2, -0.15) is 0 Å². The Kier molecular flexibility index (Phi) is 6.29. The molecule has 0 aromatic carbocycles. The molecule has 0 spiro atoms. The summed E-state index contributed by atoms with van der Waals surface area (Å²) in [5, 5.41) is 0. The molecule has 6 heteroatoms. The molecule has 0 radical (unpaired) electrons. The summed E-state index contributed by atoms with van der Waals surface area (Å²) >= 11 is 0. The van der Waals surface area contributed by atoms with Gasteiger partial charge in [-0.05, 0) is 0 Å². The molecular formula is C14H38FN2PSi2. The Morgan fingerprint density at radius 2 is 1.10 bits per heavy atom. The van der Waals surface area contributed by atoms with Gasteiger partial charge in [0.15, 0.2) is 0 Å². The minimum atomic E-state index is -3.81. The van der Waals surface area contributed by atoms with Crippen molar-refractivity contribution in [2.24, 2.45) is 17.3 Å². The van der Waals surface area contributed by atoms with E-state index in [9.17, 15) is 0 Å². The van der Waals surface area contributed by atoms with Gasteiger partial charge in [0.1, 0.15) is 0 Å². The molecule has 0 unspecified atom stereocenters. The maximum atomic E-state index is 16.5. The number of nitrogens with two attached hydrogens (primary N) is 1. The zero-order chi connectivity index (χ0) is 16.6. The van der Waals surface area contributed by atoms with Gasteiger partial charge in [-0.15, -0.1) is 0 Å². The molecule has 0 fully saturated rings. The molecule has 0 amide bonds. The van der Waals surface area contributed by atoms with E-state index in [2.05, 4.69) is 71.0 Å². The van der Waals surface area contributed by atoms with Gasteiger partial charge in [0.05, 0.1) is 0 Å². The van der Waals surface area contributed by atoms with Crippen LogP contribution in [0.15, 0.2) is 0 Å². The summed E-state index contributed by atoms with van der Waals surface area (Å²) in [6.07, 6.45) is 1.08. The van der Waals surface area contributed by atoms with Crippen molar-refractivity contribution in [1.29, 1.82) is 0 Å². The summed E-state index contributed by atoms with van der Waals surface area (Å²) in [5.74, 6) is 0.605. The average Bonchev–Trinajstić information content (AvgIpc) is 1.87. The molecule has 2 N–H and O–H groups in total. The number of hydrogen-bond donors (Lipinski definition) is 1. The van der Waals surface area contributed by atoms with Gasteiger partial charge >= 0.3 is 129 Å². The molecule has 2 nitrogen and oxygen atoms in total. The average molecular weight is 341 g/mol. The van der Waals surface area contributed by atoms with Crippen molar-refractivity contribution in [1.82, 2.24) is 4.00 Å². The monoisotopic (exact) mass is 340 g/mol. The standard InChI is InChI=1S/C14H38FN2PSi2/c1-13(2)11-18(15,16,12-14(3)4)17(19(5,6)7)20(8,9)10/h13-14H,11-12,16H2,1-10H3. The number of hydrogen-bond acceptors (Lipinski definition) is 2. The van der Waals surface area contributed by atoms with Gasteiger partial charge < -0.3 is 0 Å². The van der Waals surface area contributed by atoms with Crippen molar-refractivity contribution in [3.63, 3.8) is 0 Å². The van der Waals surface area contributed by atoms with Crippen molar-refractivity contribution in [3.05, 3.63) is 0 Å². The Balaban J connectivity index is 6.05. The number of nitrogens with zero attached hydrogens (tertiary/aromatic N) is 1. The van der Waals surface area contributed by atoms with Crippen molar-refractivity contribution in [3.8, 4) is 0 Å². The van der Waals surface area contributed by atoms with E-state index in [0.29, 0.717) is 24.2 Å². The SMILES string of the molecule is CC(C)CP(N)(F)(CC(C)C)N([Si](C)(C)C)[Si](C)(C)C. The molecule has 0 aliphatic heterocycles. The zero-order valence-electron chi connectivity index (χ0n) is 15.4. The molecule has 0 heterocycles. The summed E-state index contributed by atoms with van der Waals surface area (Å²) in [6, 6.07) is 0. The first-order chi connectivity index (χ1) is 8.49. The predicted octanol–water partition coefficient (Wildman–Crippen LogP) is 5.50. The third-order valence-corrected chi connectivity index (χ3v) is 20.2. The first kappa shape index (κ1) is 20.7. The van der Waals surface area contributed by atoms with Crippen molar-refractivity contribution in [2.75, 3.05) is 12.3 Å². The third kappa shape index (κ3) is 5.49. The van der Waals surface area contributed by atoms with Gasteiger partial charge in [0, 0.05) is 0 Å². The van der Waals surface area contributed by atoms with E-state index in [1.165, 1.54) is 0 Å². The fourth-order valence-electron chi connectivity index (χ4n) is 4.21. The second-order valence-corrected chi connectivity index (χ2v) is 23.9. The van der Waals surface area contributed by atoms with Crippen molar-refractivity contribution in [2.45, 2.75) is 67.0 Å². The molecule has 0 aromatic rings. The van der Waals surface area contributed by atoms with Gasteiger partial charge in [-0.1, -0.05) is 0 Å². The van der Waals surface area contributed by atoms with Gasteiger partial charge in [-0.25, -0.2) is 0 Å². The fraction of sp³-hybridized carbons (Fsp3) is 1.00. The Morgan fingerprint density at radius 3 is 1.25 bits per heavy atom. The molecule has 0 saturated heterocycles. The van der Waals surface area contributed by atoms with Crippen LogP contribution in [0.1, 0.15) is 27.7 Å². The van der Waals surface area contributed by atoms with Crippen LogP contribution >= 0.6 is 7.22 Å². The van der Waals surface area contributed by atoms with Crippen LogP contribution in [0.3, 0.4) is 0 Å². The van der Waals surface area contributed by atoms with E-state index in [4.69, 9.17) is 5.50 Å². The molecule has 0 atom stereocenters. The maximum absolute atomic E-state index is 16.5. The van der Waals surface area contributed by atoms with E-state index >= 15 is 4.20 Å². The van der Waals surface area contributed by atoms with Gasteiger partial charge in [-0.3, -0.25) is 0 Å². The zero-order valence-corrected chi connectivity index (χ0v) is 18.3. The van der Waals surface area contributed by atoms with Crippen LogP contribution in [-0.4, -0.2) is 32.8 Å². The molecule has 0 rings (SSSR count). The van der Waals surface area contributed by atoms with Crippen LogP contribution < -0.4 is 5.50 Å². The molecular weight excluding hydrogens is 302 g/mol. The van der Waals surface area contributed by atoms with Crippen LogP contribution in [0, 0.1) is 11.8 Å². The first-order valence-corrected chi connectivity index (χ1v) is 17.2. The number of halogens is 1. The van der Waals surface area contributed by atoms with E-state index in [1.807, 2.05) is 0 Å². The molecule has 0 saturated carbocycles. The quantitative estimate of drug-likeness (QED) is 0.490. The molecule has 0 bridgehead atoms. The second-order valence-electron chi connectivity index (χ2n) is 9.21. The van der Waals surface area contributed by atoms with Crippen molar-refractivity contribution < 1.29 is 4.20 Å². The topological polar surface area (TPSA) is 29.3 Å². The summed E-state index contributed by atoms with van der Waals surface area (Å²) in [4.78, 5) is 0. The summed E-state index contributed by atoms with van der Waals surface area (Å²) in [6.45, 7) is 21.9. The van der Waals surface area contributed by atoms with E-state index in [-0.39, 0.29) is 0 Å². The van der Waals surface area contributed by atoms with Crippen LogP contribution in [0.25, 0.3) is 0 Å². The predicted molar refractivity (Wildman–Crippen MR) is 100 cm³/mol. The van der Waals surface area contributed by atoms with E-state index in [1.54, 1.807) is 0 Å². The Hall–Kier alpha value is 0.714. The third-order valence-electron chi connectivity index (χ3n) is 3.25. The van der Waals surface area contributed by atoms with Gasteiger partial charge in [0.2, 0.25) is 0 Å². The van der Waals surface area contributed by atoms with Crippen LogP contribution in [-0.2, 0) is 0 Å². The second kappa shape index (κ2) is 6.07. The molecule has 0 aromatic heterocycles. The molecule has 124 valence electrons.